The molecule has 0 aliphatic rings. The van der Waals surface area contributed by atoms with E-state index in [0.29, 0.717) is 12.2 Å². The van der Waals surface area contributed by atoms with E-state index in [1.54, 1.807) is 22.6 Å². The van der Waals surface area contributed by atoms with Crippen molar-refractivity contribution in [3.63, 3.8) is 0 Å². The highest BCUT2D eigenvalue weighted by Gasteiger charge is 2.11. The minimum atomic E-state index is -0.232. The minimum Gasteiger partial charge on any atom is -0.347 e. The zero-order valence-corrected chi connectivity index (χ0v) is 15.3. The van der Waals surface area contributed by atoms with E-state index in [-0.39, 0.29) is 5.91 Å². The van der Waals surface area contributed by atoms with Crippen molar-refractivity contribution in [2.45, 2.75) is 25.3 Å². The van der Waals surface area contributed by atoms with Crippen molar-refractivity contribution in [2.24, 2.45) is 0 Å². The number of amides is 1. The Labute approximate surface area is 151 Å². The molecule has 3 rings (SSSR count). The van der Waals surface area contributed by atoms with Gasteiger partial charge in [0, 0.05) is 11.4 Å². The maximum atomic E-state index is 12.3. The number of carbonyl (C=O) groups excluding carboxylic acids is 1. The Morgan fingerprint density at radius 1 is 1.12 bits per heavy atom. The molecule has 1 aromatic heterocycles. The number of nitrogens with zero attached hydrogens (tertiary/aromatic N) is 3. The first kappa shape index (κ1) is 17.2. The Morgan fingerprint density at radius 3 is 2.56 bits per heavy atom. The fourth-order valence-corrected chi connectivity index (χ4v) is 2.79. The number of rotatable bonds is 5. The molecule has 0 fully saturated rings. The first-order valence-electron chi connectivity index (χ1n) is 7.98. The lowest BCUT2D eigenvalue weighted by Gasteiger charge is -2.05. The highest BCUT2D eigenvalue weighted by atomic mass is 32.2. The lowest BCUT2D eigenvalue weighted by Crippen LogP contribution is -2.23. The van der Waals surface area contributed by atoms with Gasteiger partial charge in [-0.25, -0.2) is 4.68 Å². The van der Waals surface area contributed by atoms with Crippen LogP contribution in [0, 0.1) is 13.8 Å². The molecule has 0 saturated carbocycles. The van der Waals surface area contributed by atoms with Gasteiger partial charge in [-0.2, -0.15) is 0 Å². The normalized spacial score (nSPS) is 10.7. The minimum absolute atomic E-state index is 0.232. The van der Waals surface area contributed by atoms with Gasteiger partial charge in [-0.15, -0.1) is 16.9 Å². The first-order chi connectivity index (χ1) is 12.1. The van der Waals surface area contributed by atoms with Gasteiger partial charge in [0.05, 0.1) is 11.9 Å². The lowest BCUT2D eigenvalue weighted by atomic mass is 10.1. The summed E-state index contributed by atoms with van der Waals surface area (Å²) in [5.41, 5.74) is 4.64. The van der Waals surface area contributed by atoms with Gasteiger partial charge in [-0.05, 0) is 61.1 Å². The summed E-state index contributed by atoms with van der Waals surface area (Å²) >= 11 is 1.69. The molecule has 3 aromatic rings. The molecule has 2 aromatic carbocycles. The fourth-order valence-electron chi connectivity index (χ4n) is 2.38. The average molecular weight is 352 g/mol. The van der Waals surface area contributed by atoms with Gasteiger partial charge < -0.3 is 5.32 Å². The van der Waals surface area contributed by atoms with Crippen LogP contribution in [0.15, 0.2) is 53.6 Å². The number of aromatic nitrogens is 3. The van der Waals surface area contributed by atoms with E-state index in [1.165, 1.54) is 16.0 Å². The van der Waals surface area contributed by atoms with Crippen molar-refractivity contribution in [1.29, 1.82) is 0 Å². The standard InChI is InChI=1S/C19H20N4OS/c1-13-4-7-16(10-14(13)2)23-12-18(21-22-23)19(24)20-11-15-5-8-17(25-3)9-6-15/h4-10,12H,11H2,1-3H3,(H,20,24). The molecule has 128 valence electrons. The highest BCUT2D eigenvalue weighted by molar-refractivity contribution is 7.98. The van der Waals surface area contributed by atoms with E-state index in [9.17, 15) is 4.79 Å². The van der Waals surface area contributed by atoms with E-state index < -0.39 is 0 Å². The number of benzene rings is 2. The number of hydrogen-bond donors (Lipinski definition) is 1. The van der Waals surface area contributed by atoms with Crippen LogP contribution in [0.4, 0.5) is 0 Å². The Morgan fingerprint density at radius 2 is 1.88 bits per heavy atom. The van der Waals surface area contributed by atoms with Crippen molar-refractivity contribution in [1.82, 2.24) is 20.3 Å². The van der Waals surface area contributed by atoms with Crippen LogP contribution >= 0.6 is 11.8 Å². The van der Waals surface area contributed by atoms with Gasteiger partial charge in [-0.3, -0.25) is 4.79 Å². The number of nitrogens with one attached hydrogen (secondary N) is 1. The molecule has 1 N–H and O–H groups in total. The second kappa shape index (κ2) is 7.53. The average Bonchev–Trinajstić information content (AvgIpc) is 3.12. The van der Waals surface area contributed by atoms with Crippen LogP contribution < -0.4 is 5.32 Å². The van der Waals surface area contributed by atoms with Gasteiger partial charge in [0.15, 0.2) is 5.69 Å². The summed E-state index contributed by atoms with van der Waals surface area (Å²) < 4.78 is 1.62. The Hall–Kier alpha value is -2.60. The van der Waals surface area contributed by atoms with Crippen molar-refractivity contribution in [3.05, 3.63) is 71.0 Å². The second-order valence-electron chi connectivity index (χ2n) is 5.85. The van der Waals surface area contributed by atoms with Gasteiger partial charge >= 0.3 is 0 Å². The molecule has 1 amide bonds. The highest BCUT2D eigenvalue weighted by Crippen LogP contribution is 2.15. The summed E-state index contributed by atoms with van der Waals surface area (Å²) in [5.74, 6) is -0.232. The molecule has 0 bridgehead atoms. The molecular formula is C19H20N4OS. The zero-order valence-electron chi connectivity index (χ0n) is 14.5. The third kappa shape index (κ3) is 4.09. The van der Waals surface area contributed by atoms with Crippen molar-refractivity contribution in [3.8, 4) is 5.69 Å². The zero-order chi connectivity index (χ0) is 17.8. The predicted octanol–water partition coefficient (Wildman–Crippen LogP) is 3.54. The summed E-state index contributed by atoms with van der Waals surface area (Å²) in [6, 6.07) is 14.1. The molecule has 6 heteroatoms. The number of aryl methyl sites for hydroxylation is 2. The molecule has 0 unspecified atom stereocenters. The Balaban J connectivity index is 1.66. The lowest BCUT2D eigenvalue weighted by molar-refractivity contribution is 0.0946. The van der Waals surface area contributed by atoms with E-state index in [1.807, 2.05) is 55.6 Å². The molecular weight excluding hydrogens is 332 g/mol. The molecule has 0 aliphatic heterocycles. The largest absolute Gasteiger partial charge is 0.347 e. The number of hydrogen-bond acceptors (Lipinski definition) is 4. The van der Waals surface area contributed by atoms with Gasteiger partial charge in [0.2, 0.25) is 0 Å². The van der Waals surface area contributed by atoms with E-state index >= 15 is 0 Å². The summed E-state index contributed by atoms with van der Waals surface area (Å²) in [6.07, 6.45) is 3.69. The molecule has 1 heterocycles. The topological polar surface area (TPSA) is 59.8 Å². The maximum Gasteiger partial charge on any atom is 0.273 e. The van der Waals surface area contributed by atoms with Crippen molar-refractivity contribution >= 4 is 17.7 Å². The van der Waals surface area contributed by atoms with E-state index in [2.05, 4.69) is 22.6 Å². The molecule has 5 nitrogen and oxygen atoms in total. The van der Waals surface area contributed by atoms with Crippen LogP contribution in [0.1, 0.15) is 27.2 Å². The predicted molar refractivity (Wildman–Crippen MR) is 100 cm³/mol. The van der Waals surface area contributed by atoms with E-state index in [0.717, 1.165) is 11.3 Å². The molecule has 0 aliphatic carbocycles. The van der Waals surface area contributed by atoms with Crippen LogP contribution in [0.5, 0.6) is 0 Å². The number of thioether (sulfide) groups is 1. The number of carbonyl (C=O) groups is 1. The third-order valence-corrected chi connectivity index (χ3v) is 4.84. The van der Waals surface area contributed by atoms with Crippen LogP contribution in [0.25, 0.3) is 5.69 Å². The molecule has 25 heavy (non-hydrogen) atoms. The molecule has 0 radical (unpaired) electrons. The Bertz CT molecular complexity index is 887. The SMILES string of the molecule is CSc1ccc(CNC(=O)c2cn(-c3ccc(C)c(C)c3)nn2)cc1. The van der Waals surface area contributed by atoms with Crippen LogP contribution in [-0.2, 0) is 6.54 Å². The van der Waals surface area contributed by atoms with Gasteiger partial charge in [0.1, 0.15) is 0 Å². The third-order valence-electron chi connectivity index (χ3n) is 4.09. The smallest absolute Gasteiger partial charge is 0.273 e. The second-order valence-corrected chi connectivity index (χ2v) is 6.73. The summed E-state index contributed by atoms with van der Waals surface area (Å²) in [7, 11) is 0. The van der Waals surface area contributed by atoms with Crippen LogP contribution in [-0.4, -0.2) is 27.2 Å². The summed E-state index contributed by atoms with van der Waals surface area (Å²) in [4.78, 5) is 13.5. The van der Waals surface area contributed by atoms with Crippen molar-refractivity contribution < 1.29 is 4.79 Å². The van der Waals surface area contributed by atoms with E-state index in [4.69, 9.17) is 0 Å². The van der Waals surface area contributed by atoms with Crippen molar-refractivity contribution in [2.75, 3.05) is 6.26 Å². The fraction of sp³-hybridized carbons (Fsp3) is 0.211. The molecule has 0 saturated heterocycles. The van der Waals surface area contributed by atoms with Gasteiger partial charge in [0.25, 0.3) is 5.91 Å². The summed E-state index contributed by atoms with van der Waals surface area (Å²) in [5, 5.41) is 10.9. The molecule has 0 spiro atoms. The Kier molecular flexibility index (Phi) is 5.19. The van der Waals surface area contributed by atoms with Crippen LogP contribution in [0.2, 0.25) is 0 Å². The van der Waals surface area contributed by atoms with Gasteiger partial charge in [-0.1, -0.05) is 23.4 Å². The quantitative estimate of drug-likeness (QED) is 0.714. The van der Waals surface area contributed by atoms with Crippen LogP contribution in [0.3, 0.4) is 0 Å². The monoisotopic (exact) mass is 352 g/mol. The maximum absolute atomic E-state index is 12.3. The summed E-state index contributed by atoms with van der Waals surface area (Å²) in [6.45, 7) is 4.57. The first-order valence-corrected chi connectivity index (χ1v) is 9.20. The molecule has 0 atom stereocenters.